The molecular formula is C22H26O2. The molecule has 0 N–H and O–H groups in total. The number of hydrogen-bond acceptors (Lipinski definition) is 2. The van der Waals surface area contributed by atoms with E-state index in [2.05, 4.69) is 54.5 Å². The van der Waals surface area contributed by atoms with Gasteiger partial charge in [-0.05, 0) is 94.7 Å². The molecule has 0 unspecified atom stereocenters. The fourth-order valence-electron chi connectivity index (χ4n) is 3.94. The number of ketones is 1. The first-order valence-electron chi connectivity index (χ1n) is 8.52. The van der Waals surface area contributed by atoms with E-state index >= 15 is 0 Å². The second-order valence-corrected chi connectivity index (χ2v) is 7.59. The molecule has 0 atom stereocenters. The van der Waals surface area contributed by atoms with E-state index in [-0.39, 0.29) is 11.4 Å². The number of benzene rings is 2. The van der Waals surface area contributed by atoms with Gasteiger partial charge in [-0.2, -0.15) is 0 Å². The maximum Gasteiger partial charge on any atom is 0.160 e. The minimum atomic E-state index is -0.373. The Morgan fingerprint density at radius 2 is 1.42 bits per heavy atom. The molecule has 0 amide bonds. The molecule has 1 heterocycles. The lowest BCUT2D eigenvalue weighted by Gasteiger charge is -2.32. The number of hydrogen-bond donors (Lipinski definition) is 0. The first kappa shape index (κ1) is 16.8. The molecule has 2 aromatic carbocycles. The van der Waals surface area contributed by atoms with Gasteiger partial charge in [0.2, 0.25) is 0 Å². The molecule has 3 rings (SSSR count). The van der Waals surface area contributed by atoms with Gasteiger partial charge in [0.05, 0.1) is 0 Å². The lowest BCUT2D eigenvalue weighted by molar-refractivity contribution is 0.101. The fraction of sp³-hybridized carbons (Fsp3) is 0.409. The van der Waals surface area contributed by atoms with Crippen LogP contribution in [0, 0.1) is 34.6 Å². The molecule has 0 saturated heterocycles. The van der Waals surface area contributed by atoms with Crippen molar-refractivity contribution in [2.45, 2.75) is 61.0 Å². The molecule has 2 heteroatoms. The molecule has 0 fully saturated rings. The Bertz CT molecular complexity index is 928. The van der Waals surface area contributed by atoms with Crippen LogP contribution < -0.4 is 4.74 Å². The first-order chi connectivity index (χ1) is 11.1. The summed E-state index contributed by atoms with van der Waals surface area (Å²) >= 11 is 0. The summed E-state index contributed by atoms with van der Waals surface area (Å²) in [4.78, 5) is 12.4. The van der Waals surface area contributed by atoms with Crippen LogP contribution in [0.3, 0.4) is 0 Å². The molecule has 0 aliphatic carbocycles. The maximum atomic E-state index is 12.4. The number of carbonyl (C=O) groups is 1. The Morgan fingerprint density at radius 3 is 1.96 bits per heavy atom. The molecule has 1 aliphatic heterocycles. The largest absolute Gasteiger partial charge is 0.482 e. The van der Waals surface area contributed by atoms with E-state index in [4.69, 9.17) is 4.74 Å². The highest BCUT2D eigenvalue weighted by atomic mass is 16.5. The number of rotatable bonds is 1. The molecule has 0 saturated carbocycles. The molecule has 0 aromatic heterocycles. The molecular weight excluding hydrogens is 296 g/mol. The van der Waals surface area contributed by atoms with Crippen molar-refractivity contribution in [3.63, 3.8) is 0 Å². The number of Topliss-reactive ketones (excluding diaryl/α,β-unsaturated/α-hetero) is 1. The molecule has 2 aromatic rings. The van der Waals surface area contributed by atoms with Crippen molar-refractivity contribution in [3.8, 4) is 5.75 Å². The summed E-state index contributed by atoms with van der Waals surface area (Å²) in [5, 5.41) is 2.33. The summed E-state index contributed by atoms with van der Waals surface area (Å²) in [6, 6.07) is 0. The Hall–Kier alpha value is -2.09. The fourth-order valence-corrected chi connectivity index (χ4v) is 3.94. The van der Waals surface area contributed by atoms with Gasteiger partial charge in [-0.3, -0.25) is 4.79 Å². The summed E-state index contributed by atoms with van der Waals surface area (Å²) in [7, 11) is 0. The van der Waals surface area contributed by atoms with E-state index in [0.717, 1.165) is 27.8 Å². The third-order valence-electron chi connectivity index (χ3n) is 5.55. The highest BCUT2D eigenvalue weighted by Gasteiger charge is 2.30. The van der Waals surface area contributed by atoms with Gasteiger partial charge in [0.25, 0.3) is 0 Å². The average Bonchev–Trinajstić information content (AvgIpc) is 2.49. The van der Waals surface area contributed by atoms with E-state index in [0.29, 0.717) is 0 Å². The highest BCUT2D eigenvalue weighted by Crippen LogP contribution is 2.45. The topological polar surface area (TPSA) is 26.3 Å². The van der Waals surface area contributed by atoms with Gasteiger partial charge in [-0.15, -0.1) is 0 Å². The van der Waals surface area contributed by atoms with Crippen LogP contribution in [0.15, 0.2) is 6.08 Å². The van der Waals surface area contributed by atoms with Gasteiger partial charge in [-0.1, -0.05) is 6.08 Å². The lowest BCUT2D eigenvalue weighted by atomic mass is 9.83. The van der Waals surface area contributed by atoms with Gasteiger partial charge in [-0.25, -0.2) is 0 Å². The molecule has 24 heavy (non-hydrogen) atoms. The van der Waals surface area contributed by atoms with E-state index in [9.17, 15) is 4.79 Å². The zero-order valence-corrected chi connectivity index (χ0v) is 16.0. The molecule has 0 radical (unpaired) electrons. The first-order valence-corrected chi connectivity index (χ1v) is 8.52. The van der Waals surface area contributed by atoms with Gasteiger partial charge in [0.1, 0.15) is 11.4 Å². The third-order valence-corrected chi connectivity index (χ3v) is 5.55. The second-order valence-electron chi connectivity index (χ2n) is 7.59. The van der Waals surface area contributed by atoms with Crippen LogP contribution in [0.4, 0.5) is 0 Å². The number of carbonyl (C=O) groups excluding carboxylic acids is 1. The minimum absolute atomic E-state index is 0.0916. The van der Waals surface area contributed by atoms with Crippen LogP contribution in [-0.4, -0.2) is 11.4 Å². The van der Waals surface area contributed by atoms with Crippen LogP contribution in [0.25, 0.3) is 16.8 Å². The lowest BCUT2D eigenvalue weighted by Crippen LogP contribution is -2.28. The second kappa shape index (κ2) is 5.20. The molecule has 0 bridgehead atoms. The van der Waals surface area contributed by atoms with Crippen LogP contribution in [0.1, 0.15) is 64.5 Å². The van der Waals surface area contributed by atoms with Crippen molar-refractivity contribution in [1.29, 1.82) is 0 Å². The average molecular weight is 322 g/mol. The summed E-state index contributed by atoms with van der Waals surface area (Å²) in [5.74, 6) is 0.950. The number of ether oxygens (including phenoxy) is 1. The van der Waals surface area contributed by atoms with Crippen LogP contribution in [0.5, 0.6) is 5.75 Å². The monoisotopic (exact) mass is 322 g/mol. The molecule has 0 spiro atoms. The Balaban J connectivity index is 2.64. The quantitative estimate of drug-likeness (QED) is 0.623. The van der Waals surface area contributed by atoms with Gasteiger partial charge in [0.15, 0.2) is 5.78 Å². The number of aryl methyl sites for hydroxylation is 3. The van der Waals surface area contributed by atoms with Crippen molar-refractivity contribution in [3.05, 3.63) is 45.0 Å². The SMILES string of the molecule is CC(=O)c1c2c(c3c(C)c(C)c(C)c(C)c3c1C)OC(C)(C)C=C2. The smallest absolute Gasteiger partial charge is 0.160 e. The minimum Gasteiger partial charge on any atom is -0.482 e. The summed E-state index contributed by atoms with van der Waals surface area (Å²) in [5.41, 5.74) is 7.49. The van der Waals surface area contributed by atoms with Gasteiger partial charge >= 0.3 is 0 Å². The number of fused-ring (bicyclic) bond motifs is 3. The van der Waals surface area contributed by atoms with Crippen LogP contribution in [0.2, 0.25) is 0 Å². The molecule has 2 nitrogen and oxygen atoms in total. The maximum absolute atomic E-state index is 12.4. The standard InChI is InChI=1S/C22H26O2/c1-11-12(2)14(4)20-18(13(11)3)15(5)19(16(6)23)17-9-10-22(7,8)24-21(17)20/h9-10H,1-8H3. The Kier molecular flexibility index (Phi) is 3.63. The van der Waals surface area contributed by atoms with Gasteiger partial charge in [0, 0.05) is 16.5 Å². The van der Waals surface area contributed by atoms with Crippen molar-refractivity contribution >= 4 is 22.6 Å². The predicted octanol–water partition coefficient (Wildman–Crippen LogP) is 5.77. The highest BCUT2D eigenvalue weighted by molar-refractivity contribution is 6.10. The van der Waals surface area contributed by atoms with Crippen molar-refractivity contribution in [2.75, 3.05) is 0 Å². The van der Waals surface area contributed by atoms with Crippen molar-refractivity contribution < 1.29 is 9.53 Å². The van der Waals surface area contributed by atoms with E-state index in [1.165, 1.54) is 27.6 Å². The van der Waals surface area contributed by atoms with E-state index < -0.39 is 0 Å². The Morgan fingerprint density at radius 1 is 0.875 bits per heavy atom. The summed E-state index contributed by atoms with van der Waals surface area (Å²) < 4.78 is 6.37. The van der Waals surface area contributed by atoms with E-state index in [1.54, 1.807) is 6.92 Å². The summed E-state index contributed by atoms with van der Waals surface area (Å²) in [6.07, 6.45) is 4.10. The van der Waals surface area contributed by atoms with Crippen molar-refractivity contribution in [1.82, 2.24) is 0 Å². The molecule has 126 valence electrons. The Labute approximate surface area is 144 Å². The van der Waals surface area contributed by atoms with Crippen molar-refractivity contribution in [2.24, 2.45) is 0 Å². The zero-order chi connectivity index (χ0) is 18.0. The normalized spacial score (nSPS) is 15.3. The third kappa shape index (κ3) is 2.20. The van der Waals surface area contributed by atoms with Crippen LogP contribution in [-0.2, 0) is 0 Å². The van der Waals surface area contributed by atoms with Crippen LogP contribution >= 0.6 is 0 Å². The predicted molar refractivity (Wildman–Crippen MR) is 101 cm³/mol. The molecule has 1 aliphatic rings. The van der Waals surface area contributed by atoms with E-state index in [1.807, 2.05) is 6.08 Å². The summed E-state index contributed by atoms with van der Waals surface area (Å²) in [6.45, 7) is 16.4. The van der Waals surface area contributed by atoms with Gasteiger partial charge < -0.3 is 4.74 Å². The zero-order valence-electron chi connectivity index (χ0n) is 16.0.